The van der Waals surface area contributed by atoms with Crippen molar-refractivity contribution in [3.8, 4) is 0 Å². The van der Waals surface area contributed by atoms with Crippen molar-refractivity contribution < 1.29 is 13.6 Å². The summed E-state index contributed by atoms with van der Waals surface area (Å²) in [4.78, 5) is 15.5. The summed E-state index contributed by atoms with van der Waals surface area (Å²) in [7, 11) is 0. The number of hydrogen-bond donors (Lipinski definition) is 1. The van der Waals surface area contributed by atoms with Crippen LogP contribution >= 0.6 is 15.9 Å². The van der Waals surface area contributed by atoms with Crippen molar-refractivity contribution in [1.29, 1.82) is 0 Å². The Morgan fingerprint density at radius 2 is 2.05 bits per heavy atom. The van der Waals surface area contributed by atoms with E-state index >= 15 is 0 Å². The van der Waals surface area contributed by atoms with Crippen LogP contribution in [0.4, 0.5) is 14.6 Å². The zero-order chi connectivity index (χ0) is 13.8. The molecular weight excluding hydrogens is 318 g/mol. The van der Waals surface area contributed by atoms with Crippen LogP contribution < -0.4 is 5.32 Å². The molecule has 0 saturated carbocycles. The maximum absolute atomic E-state index is 13.4. The highest BCUT2D eigenvalue weighted by molar-refractivity contribution is 9.10. The first-order valence-electron chi connectivity index (χ1n) is 5.40. The normalized spacial score (nSPS) is 10.3. The fourth-order valence-corrected chi connectivity index (χ4v) is 1.92. The smallest absolute Gasteiger partial charge is 0.230 e. The molecule has 0 saturated heterocycles. The van der Waals surface area contributed by atoms with Crippen LogP contribution in [0.1, 0.15) is 5.56 Å². The van der Waals surface area contributed by atoms with Gasteiger partial charge >= 0.3 is 0 Å². The molecule has 0 fully saturated rings. The first-order chi connectivity index (χ1) is 9.06. The van der Waals surface area contributed by atoms with Gasteiger partial charge in [-0.25, -0.2) is 13.8 Å². The van der Waals surface area contributed by atoms with E-state index in [2.05, 4.69) is 26.2 Å². The Labute approximate surface area is 116 Å². The van der Waals surface area contributed by atoms with Crippen molar-refractivity contribution in [2.24, 2.45) is 0 Å². The number of aromatic nitrogens is 1. The number of nitrogens with one attached hydrogen (secondary N) is 1. The average Bonchev–Trinajstić information content (AvgIpc) is 2.36. The molecule has 6 heteroatoms. The Morgan fingerprint density at radius 1 is 1.32 bits per heavy atom. The van der Waals surface area contributed by atoms with E-state index in [1.54, 1.807) is 12.1 Å². The van der Waals surface area contributed by atoms with Crippen LogP contribution in [-0.2, 0) is 11.2 Å². The largest absolute Gasteiger partial charge is 0.309 e. The molecule has 98 valence electrons. The third kappa shape index (κ3) is 3.57. The number of rotatable bonds is 3. The highest BCUT2D eigenvalue weighted by atomic mass is 79.9. The molecule has 1 amide bonds. The molecule has 1 aromatic carbocycles. The molecule has 3 nitrogen and oxygen atoms in total. The SMILES string of the molecule is O=C(Cc1ccccc1F)Nc1ncc(F)cc1Br. The van der Waals surface area contributed by atoms with E-state index in [0.717, 1.165) is 6.20 Å². The number of anilines is 1. The number of amides is 1. The summed E-state index contributed by atoms with van der Waals surface area (Å²) in [6, 6.07) is 7.20. The van der Waals surface area contributed by atoms with Crippen molar-refractivity contribution in [1.82, 2.24) is 4.98 Å². The zero-order valence-electron chi connectivity index (χ0n) is 9.66. The summed E-state index contributed by atoms with van der Waals surface area (Å²) in [5.41, 5.74) is 0.290. The first kappa shape index (κ1) is 13.6. The number of benzene rings is 1. The van der Waals surface area contributed by atoms with Crippen LogP contribution in [0.25, 0.3) is 0 Å². The highest BCUT2D eigenvalue weighted by Crippen LogP contribution is 2.20. The van der Waals surface area contributed by atoms with E-state index in [0.29, 0.717) is 10.0 Å². The van der Waals surface area contributed by atoms with Gasteiger partial charge in [0.25, 0.3) is 0 Å². The Kier molecular flexibility index (Phi) is 4.21. The lowest BCUT2D eigenvalue weighted by atomic mass is 10.1. The zero-order valence-corrected chi connectivity index (χ0v) is 11.2. The fourth-order valence-electron chi connectivity index (χ4n) is 1.50. The van der Waals surface area contributed by atoms with Gasteiger partial charge in [0.1, 0.15) is 17.5 Å². The second-order valence-electron chi connectivity index (χ2n) is 3.80. The van der Waals surface area contributed by atoms with Gasteiger partial charge in [-0.05, 0) is 33.6 Å². The Bertz CT molecular complexity index is 619. The number of pyridine rings is 1. The number of nitrogens with zero attached hydrogens (tertiary/aromatic N) is 1. The van der Waals surface area contributed by atoms with Crippen LogP contribution in [0.2, 0.25) is 0 Å². The monoisotopic (exact) mass is 326 g/mol. The number of carbonyl (C=O) groups excluding carboxylic acids is 1. The van der Waals surface area contributed by atoms with Crippen molar-refractivity contribution in [3.63, 3.8) is 0 Å². The summed E-state index contributed by atoms with van der Waals surface area (Å²) >= 11 is 3.08. The van der Waals surface area contributed by atoms with Gasteiger partial charge in [0, 0.05) is 0 Å². The first-order valence-corrected chi connectivity index (χ1v) is 6.20. The second kappa shape index (κ2) is 5.88. The number of hydrogen-bond acceptors (Lipinski definition) is 2. The minimum absolute atomic E-state index is 0.113. The maximum Gasteiger partial charge on any atom is 0.230 e. The molecular formula is C13H9BrF2N2O. The number of carbonyl (C=O) groups is 1. The van der Waals surface area contributed by atoms with E-state index in [9.17, 15) is 13.6 Å². The fraction of sp³-hybridized carbons (Fsp3) is 0.0769. The molecule has 0 aliphatic heterocycles. The van der Waals surface area contributed by atoms with Crippen molar-refractivity contribution in [3.05, 3.63) is 58.2 Å². The molecule has 0 bridgehead atoms. The van der Waals surface area contributed by atoms with Gasteiger partial charge in [0.05, 0.1) is 17.1 Å². The van der Waals surface area contributed by atoms with E-state index in [1.165, 1.54) is 18.2 Å². The van der Waals surface area contributed by atoms with Gasteiger partial charge in [-0.2, -0.15) is 0 Å². The lowest BCUT2D eigenvalue weighted by Gasteiger charge is -2.07. The second-order valence-corrected chi connectivity index (χ2v) is 4.65. The van der Waals surface area contributed by atoms with Gasteiger partial charge in [0.2, 0.25) is 5.91 Å². The quantitative estimate of drug-likeness (QED) is 0.940. The molecule has 2 rings (SSSR count). The topological polar surface area (TPSA) is 42.0 Å². The molecule has 0 spiro atoms. The van der Waals surface area contributed by atoms with Gasteiger partial charge in [-0.1, -0.05) is 18.2 Å². The minimum atomic E-state index is -0.515. The summed E-state index contributed by atoms with van der Waals surface area (Å²) in [5, 5.41) is 2.48. The summed E-state index contributed by atoms with van der Waals surface area (Å²) < 4.78 is 26.5. The van der Waals surface area contributed by atoms with Gasteiger partial charge in [-0.15, -0.1) is 0 Å². The third-order valence-corrected chi connectivity index (χ3v) is 2.98. The maximum atomic E-state index is 13.4. The lowest BCUT2D eigenvalue weighted by Crippen LogP contribution is -2.16. The van der Waals surface area contributed by atoms with Crippen LogP contribution in [0.3, 0.4) is 0 Å². The Balaban J connectivity index is 2.08. The molecule has 0 aliphatic carbocycles. The lowest BCUT2D eigenvalue weighted by molar-refractivity contribution is -0.115. The molecule has 1 N–H and O–H groups in total. The molecule has 0 aliphatic rings. The molecule has 0 atom stereocenters. The van der Waals surface area contributed by atoms with Gasteiger partial charge < -0.3 is 5.32 Å². The van der Waals surface area contributed by atoms with Gasteiger partial charge in [-0.3, -0.25) is 4.79 Å². The Morgan fingerprint density at radius 3 is 2.74 bits per heavy atom. The standard InChI is InChI=1S/C13H9BrF2N2O/c14-10-6-9(15)7-17-13(10)18-12(19)5-8-3-1-2-4-11(8)16/h1-4,6-7H,5H2,(H,17,18,19). The summed E-state index contributed by atoms with van der Waals surface area (Å²) in [6.07, 6.45) is 0.877. The predicted molar refractivity (Wildman–Crippen MR) is 70.6 cm³/mol. The third-order valence-electron chi connectivity index (χ3n) is 2.37. The van der Waals surface area contributed by atoms with E-state index in [4.69, 9.17) is 0 Å². The molecule has 0 unspecified atom stereocenters. The van der Waals surface area contributed by atoms with Crippen LogP contribution in [-0.4, -0.2) is 10.9 Å². The van der Waals surface area contributed by atoms with Gasteiger partial charge in [0.15, 0.2) is 0 Å². The predicted octanol–water partition coefficient (Wildman–Crippen LogP) is 3.30. The average molecular weight is 327 g/mol. The van der Waals surface area contributed by atoms with Crippen LogP contribution in [0, 0.1) is 11.6 Å². The van der Waals surface area contributed by atoms with Crippen molar-refractivity contribution in [2.75, 3.05) is 5.32 Å². The van der Waals surface area contributed by atoms with E-state index in [-0.39, 0.29) is 12.2 Å². The van der Waals surface area contributed by atoms with E-state index in [1.807, 2.05) is 0 Å². The molecule has 0 radical (unpaired) electrons. The highest BCUT2D eigenvalue weighted by Gasteiger charge is 2.10. The summed E-state index contributed by atoms with van der Waals surface area (Å²) in [6.45, 7) is 0. The molecule has 1 aromatic heterocycles. The van der Waals surface area contributed by atoms with Crippen molar-refractivity contribution >= 4 is 27.7 Å². The molecule has 1 heterocycles. The van der Waals surface area contributed by atoms with E-state index < -0.39 is 17.5 Å². The number of halogens is 3. The minimum Gasteiger partial charge on any atom is -0.309 e. The summed E-state index contributed by atoms with van der Waals surface area (Å²) in [5.74, 6) is -1.18. The Hall–Kier alpha value is -1.82. The van der Waals surface area contributed by atoms with Crippen LogP contribution in [0.5, 0.6) is 0 Å². The van der Waals surface area contributed by atoms with Crippen molar-refractivity contribution in [2.45, 2.75) is 6.42 Å². The van der Waals surface area contributed by atoms with Crippen LogP contribution in [0.15, 0.2) is 41.0 Å². The molecule has 2 aromatic rings. The molecule has 19 heavy (non-hydrogen) atoms.